The highest BCUT2D eigenvalue weighted by atomic mass is 35.5. The standard InChI is InChI=1S/C23H32BClN2O4/c1-23(2,27(3)9-8-26)7-6-12-10-16(14-5-4-13(25)11-15(12)14)17-19(28)18(24)21(30)22(31)20(17)29/h4-5,11-12,16,28-31H,6-10,24,26H2,1-3H3/t12-,16-/m1/s1. The van der Waals surface area contributed by atoms with Crippen molar-refractivity contribution in [1.29, 1.82) is 0 Å². The van der Waals surface area contributed by atoms with E-state index in [4.69, 9.17) is 17.3 Å². The van der Waals surface area contributed by atoms with E-state index in [-0.39, 0.29) is 34.2 Å². The van der Waals surface area contributed by atoms with Gasteiger partial charge in [0, 0.05) is 35.1 Å². The highest BCUT2D eigenvalue weighted by Crippen LogP contribution is 2.54. The summed E-state index contributed by atoms with van der Waals surface area (Å²) in [7, 11) is 3.59. The summed E-state index contributed by atoms with van der Waals surface area (Å²) in [5, 5.41) is 42.1. The van der Waals surface area contributed by atoms with Gasteiger partial charge in [0.25, 0.3) is 0 Å². The van der Waals surface area contributed by atoms with Crippen molar-refractivity contribution in [3.05, 3.63) is 39.9 Å². The van der Waals surface area contributed by atoms with Crippen molar-refractivity contribution in [2.45, 2.75) is 50.5 Å². The first kappa shape index (κ1) is 23.6. The van der Waals surface area contributed by atoms with Crippen molar-refractivity contribution in [3.8, 4) is 23.0 Å². The second-order valence-electron chi connectivity index (χ2n) is 9.25. The molecular weight excluding hydrogens is 415 g/mol. The maximum Gasteiger partial charge on any atom is 0.200 e. The Labute approximate surface area is 189 Å². The van der Waals surface area contributed by atoms with Gasteiger partial charge in [0.15, 0.2) is 17.2 Å². The maximum absolute atomic E-state index is 10.7. The van der Waals surface area contributed by atoms with E-state index in [0.717, 1.165) is 30.5 Å². The van der Waals surface area contributed by atoms with Crippen LogP contribution in [0.4, 0.5) is 0 Å². The lowest BCUT2D eigenvalue weighted by atomic mass is 9.83. The van der Waals surface area contributed by atoms with Crippen LogP contribution in [0.1, 0.15) is 61.6 Å². The van der Waals surface area contributed by atoms with Gasteiger partial charge in [-0.1, -0.05) is 17.7 Å². The summed E-state index contributed by atoms with van der Waals surface area (Å²) in [4.78, 5) is 2.26. The van der Waals surface area contributed by atoms with E-state index in [0.29, 0.717) is 18.0 Å². The van der Waals surface area contributed by atoms with Crippen molar-refractivity contribution < 1.29 is 20.4 Å². The van der Waals surface area contributed by atoms with Crippen LogP contribution in [0.25, 0.3) is 0 Å². The predicted molar refractivity (Wildman–Crippen MR) is 127 cm³/mol. The van der Waals surface area contributed by atoms with Crippen LogP contribution in [0.3, 0.4) is 0 Å². The van der Waals surface area contributed by atoms with Crippen LogP contribution in [0.2, 0.25) is 5.02 Å². The number of phenols is 4. The normalized spacial score (nSPS) is 18.5. The quantitative estimate of drug-likeness (QED) is 0.254. The number of aromatic hydroxyl groups is 4. The van der Waals surface area contributed by atoms with Crippen LogP contribution in [-0.2, 0) is 0 Å². The molecule has 0 heterocycles. The fourth-order valence-corrected chi connectivity index (χ4v) is 4.87. The number of halogens is 1. The monoisotopic (exact) mass is 446 g/mol. The van der Waals surface area contributed by atoms with Crippen molar-refractivity contribution in [1.82, 2.24) is 4.90 Å². The molecule has 6 nitrogen and oxygen atoms in total. The lowest BCUT2D eigenvalue weighted by molar-refractivity contribution is 0.144. The van der Waals surface area contributed by atoms with Gasteiger partial charge in [0.05, 0.1) is 0 Å². The summed E-state index contributed by atoms with van der Waals surface area (Å²) >= 11 is 6.30. The molecule has 0 radical (unpaired) electrons. The molecular formula is C23H32BClN2O4. The molecule has 0 aliphatic heterocycles. The molecule has 3 rings (SSSR count). The molecule has 2 atom stereocenters. The number of benzene rings is 2. The summed E-state index contributed by atoms with van der Waals surface area (Å²) < 4.78 is 0. The maximum atomic E-state index is 10.7. The topological polar surface area (TPSA) is 110 Å². The first-order valence-electron chi connectivity index (χ1n) is 10.7. The molecule has 2 aromatic carbocycles. The molecule has 0 amide bonds. The first-order valence-corrected chi connectivity index (χ1v) is 11.0. The third-order valence-electron chi connectivity index (χ3n) is 7.00. The minimum atomic E-state index is -0.603. The Morgan fingerprint density at radius 1 is 1.10 bits per heavy atom. The highest BCUT2D eigenvalue weighted by molar-refractivity contribution is 6.36. The van der Waals surface area contributed by atoms with Gasteiger partial charge < -0.3 is 26.2 Å². The zero-order valence-electron chi connectivity index (χ0n) is 18.6. The van der Waals surface area contributed by atoms with Crippen molar-refractivity contribution in [2.75, 3.05) is 20.1 Å². The molecule has 0 saturated carbocycles. The smallest absolute Gasteiger partial charge is 0.200 e. The van der Waals surface area contributed by atoms with Crippen molar-refractivity contribution >= 4 is 24.9 Å². The Balaban J connectivity index is 1.97. The number of phenolic OH excluding ortho intramolecular Hbond substituents is 4. The van der Waals surface area contributed by atoms with Gasteiger partial charge in [-0.25, -0.2) is 0 Å². The number of hydrogen-bond donors (Lipinski definition) is 5. The number of nitrogens with zero attached hydrogens (tertiary/aromatic N) is 1. The summed E-state index contributed by atoms with van der Waals surface area (Å²) in [5.74, 6) is -1.91. The van der Waals surface area contributed by atoms with E-state index in [2.05, 4.69) is 25.8 Å². The molecule has 2 aromatic rings. The molecule has 1 aliphatic rings. The third-order valence-corrected chi connectivity index (χ3v) is 7.24. The number of likely N-dealkylation sites (N-methyl/N-ethyl adjacent to an activating group) is 1. The lowest BCUT2D eigenvalue weighted by Gasteiger charge is -2.36. The Bertz CT molecular complexity index is 954. The largest absolute Gasteiger partial charge is 0.508 e. The second-order valence-corrected chi connectivity index (χ2v) is 9.69. The van der Waals surface area contributed by atoms with E-state index in [1.54, 1.807) is 6.07 Å². The zero-order valence-corrected chi connectivity index (χ0v) is 19.4. The SMILES string of the molecule is Bc1c(O)c(O)c(O)c([C@@H]2C[C@@H](CCC(C)(C)N(C)CCN)c3cc(Cl)ccc32)c1O. The molecule has 0 bridgehead atoms. The Hall–Kier alpha value is -2.09. The Kier molecular flexibility index (Phi) is 6.70. The molecule has 0 aromatic heterocycles. The highest BCUT2D eigenvalue weighted by Gasteiger charge is 2.38. The van der Waals surface area contributed by atoms with Gasteiger partial charge in [0.2, 0.25) is 0 Å². The van der Waals surface area contributed by atoms with Crippen molar-refractivity contribution in [3.63, 3.8) is 0 Å². The van der Waals surface area contributed by atoms with Crippen molar-refractivity contribution in [2.24, 2.45) is 5.73 Å². The van der Waals surface area contributed by atoms with E-state index in [1.165, 1.54) is 7.85 Å². The molecule has 0 spiro atoms. The number of fused-ring (bicyclic) bond motifs is 1. The van der Waals surface area contributed by atoms with Crippen LogP contribution < -0.4 is 11.2 Å². The number of nitrogens with two attached hydrogens (primary N) is 1. The summed E-state index contributed by atoms with van der Waals surface area (Å²) in [6.45, 7) is 5.82. The van der Waals surface area contributed by atoms with Crippen LogP contribution in [-0.4, -0.2) is 58.8 Å². The average molecular weight is 447 g/mol. The van der Waals surface area contributed by atoms with Crippen LogP contribution in [0.15, 0.2) is 18.2 Å². The minimum Gasteiger partial charge on any atom is -0.508 e. The van der Waals surface area contributed by atoms with E-state index < -0.39 is 17.2 Å². The summed E-state index contributed by atoms with van der Waals surface area (Å²) in [6.07, 6.45) is 2.50. The van der Waals surface area contributed by atoms with Crippen LogP contribution in [0, 0.1) is 0 Å². The Morgan fingerprint density at radius 2 is 1.77 bits per heavy atom. The molecule has 8 heteroatoms. The molecule has 168 valence electrons. The third kappa shape index (κ3) is 4.31. The fraction of sp³-hybridized carbons (Fsp3) is 0.478. The van der Waals surface area contributed by atoms with E-state index in [1.807, 2.05) is 12.1 Å². The first-order chi connectivity index (χ1) is 14.5. The molecule has 0 saturated heterocycles. The van der Waals surface area contributed by atoms with Gasteiger partial charge in [-0.2, -0.15) is 0 Å². The van der Waals surface area contributed by atoms with Gasteiger partial charge in [-0.05, 0) is 74.8 Å². The summed E-state index contributed by atoms with van der Waals surface area (Å²) in [5.41, 5.74) is 8.16. The lowest BCUT2D eigenvalue weighted by Crippen LogP contribution is -2.43. The minimum absolute atomic E-state index is 0.0339. The van der Waals surface area contributed by atoms with Crippen LogP contribution in [0.5, 0.6) is 23.0 Å². The molecule has 0 unspecified atom stereocenters. The number of hydrogen-bond acceptors (Lipinski definition) is 6. The van der Waals surface area contributed by atoms with Crippen LogP contribution >= 0.6 is 11.6 Å². The Morgan fingerprint density at radius 3 is 2.42 bits per heavy atom. The second kappa shape index (κ2) is 8.81. The molecule has 0 fully saturated rings. The van der Waals surface area contributed by atoms with E-state index >= 15 is 0 Å². The molecule has 6 N–H and O–H groups in total. The average Bonchev–Trinajstić information content (AvgIpc) is 3.07. The van der Waals surface area contributed by atoms with Gasteiger partial charge >= 0.3 is 0 Å². The fourth-order valence-electron chi connectivity index (χ4n) is 4.69. The van der Waals surface area contributed by atoms with E-state index in [9.17, 15) is 20.4 Å². The van der Waals surface area contributed by atoms with Gasteiger partial charge in [-0.15, -0.1) is 0 Å². The summed E-state index contributed by atoms with van der Waals surface area (Å²) in [6, 6.07) is 5.68. The molecule has 31 heavy (non-hydrogen) atoms. The predicted octanol–water partition coefficient (Wildman–Crippen LogP) is 2.49. The number of rotatable bonds is 7. The van der Waals surface area contributed by atoms with Gasteiger partial charge in [-0.3, -0.25) is 4.90 Å². The molecule has 1 aliphatic carbocycles. The zero-order chi connectivity index (χ0) is 23.1. The van der Waals surface area contributed by atoms with Gasteiger partial charge in [0.1, 0.15) is 13.6 Å².